The average molecular weight is 131 g/mol. The first-order chi connectivity index (χ1) is 4.38. The smallest absolute Gasteiger partial charge is 0.0979 e. The number of nitrogens with one attached hydrogen (secondary N) is 1. The molecule has 0 radical (unpaired) electrons. The Labute approximate surface area is 55.3 Å². The molecule has 3 nitrogen and oxygen atoms in total. The lowest BCUT2D eigenvalue weighted by molar-refractivity contribution is 0.0744. The van der Waals surface area contributed by atoms with Crippen LogP contribution in [0.25, 0.3) is 0 Å². The fourth-order valence-corrected chi connectivity index (χ4v) is 1.04. The molecule has 1 aliphatic heterocycles. The van der Waals surface area contributed by atoms with Crippen molar-refractivity contribution >= 4 is 0 Å². The third kappa shape index (κ3) is 1.41. The topological polar surface area (TPSA) is 30.5 Å². The standard InChI is InChI=1S/C6H13NO2/c1-7-5-3-9-4-6(5)8-2/h5-7H,3-4H2,1-2H3/t5-,6+/m0/s1. The van der Waals surface area contributed by atoms with E-state index in [1.807, 2.05) is 7.05 Å². The van der Waals surface area contributed by atoms with Crippen LogP contribution >= 0.6 is 0 Å². The molecule has 0 aromatic rings. The molecule has 0 unspecified atom stereocenters. The van der Waals surface area contributed by atoms with Gasteiger partial charge in [-0.1, -0.05) is 0 Å². The summed E-state index contributed by atoms with van der Waals surface area (Å²) in [5.41, 5.74) is 0. The molecular weight excluding hydrogens is 118 g/mol. The molecule has 1 fully saturated rings. The third-order valence-corrected chi connectivity index (χ3v) is 1.70. The SMILES string of the molecule is CN[C@H]1COC[C@H]1OC. The van der Waals surface area contributed by atoms with Crippen LogP contribution in [0.4, 0.5) is 0 Å². The maximum absolute atomic E-state index is 5.16. The van der Waals surface area contributed by atoms with E-state index >= 15 is 0 Å². The summed E-state index contributed by atoms with van der Waals surface area (Å²) in [7, 11) is 3.63. The Balaban J connectivity index is 2.32. The molecule has 1 aliphatic rings. The van der Waals surface area contributed by atoms with Crippen LogP contribution in [0.3, 0.4) is 0 Å². The average Bonchev–Trinajstić information content (AvgIpc) is 2.33. The predicted molar refractivity (Wildman–Crippen MR) is 34.5 cm³/mol. The van der Waals surface area contributed by atoms with Crippen molar-refractivity contribution in [1.82, 2.24) is 5.32 Å². The second-order valence-corrected chi connectivity index (χ2v) is 2.21. The maximum Gasteiger partial charge on any atom is 0.0979 e. The second-order valence-electron chi connectivity index (χ2n) is 2.21. The molecule has 1 rings (SSSR count). The highest BCUT2D eigenvalue weighted by Gasteiger charge is 2.25. The van der Waals surface area contributed by atoms with Gasteiger partial charge >= 0.3 is 0 Å². The maximum atomic E-state index is 5.16. The Bertz CT molecular complexity index is 77.1. The van der Waals surface area contributed by atoms with Gasteiger partial charge in [0.1, 0.15) is 0 Å². The van der Waals surface area contributed by atoms with E-state index in [2.05, 4.69) is 5.32 Å². The van der Waals surface area contributed by atoms with Crippen LogP contribution in [-0.4, -0.2) is 39.5 Å². The van der Waals surface area contributed by atoms with Crippen LogP contribution in [0, 0.1) is 0 Å². The van der Waals surface area contributed by atoms with Gasteiger partial charge in [-0.05, 0) is 7.05 Å². The van der Waals surface area contributed by atoms with E-state index in [1.165, 1.54) is 0 Å². The van der Waals surface area contributed by atoms with Crippen molar-refractivity contribution in [3.63, 3.8) is 0 Å². The van der Waals surface area contributed by atoms with Crippen LogP contribution in [0.5, 0.6) is 0 Å². The van der Waals surface area contributed by atoms with Gasteiger partial charge in [-0.25, -0.2) is 0 Å². The van der Waals surface area contributed by atoms with Crippen molar-refractivity contribution in [2.45, 2.75) is 12.1 Å². The van der Waals surface area contributed by atoms with Gasteiger partial charge in [0.2, 0.25) is 0 Å². The monoisotopic (exact) mass is 131 g/mol. The van der Waals surface area contributed by atoms with E-state index in [9.17, 15) is 0 Å². The van der Waals surface area contributed by atoms with Crippen molar-refractivity contribution in [1.29, 1.82) is 0 Å². The highest BCUT2D eigenvalue weighted by atomic mass is 16.5. The highest BCUT2D eigenvalue weighted by Crippen LogP contribution is 2.07. The molecule has 0 amide bonds. The third-order valence-electron chi connectivity index (χ3n) is 1.70. The summed E-state index contributed by atoms with van der Waals surface area (Å²) in [6.45, 7) is 1.50. The second kappa shape index (κ2) is 3.15. The number of hydrogen-bond donors (Lipinski definition) is 1. The molecule has 0 aromatic carbocycles. The molecule has 0 saturated carbocycles. The van der Waals surface area contributed by atoms with Crippen molar-refractivity contribution in [3.05, 3.63) is 0 Å². The molecule has 0 bridgehead atoms. The Hall–Kier alpha value is -0.120. The summed E-state index contributed by atoms with van der Waals surface area (Å²) in [6.07, 6.45) is 0.245. The van der Waals surface area contributed by atoms with Gasteiger partial charge in [0.25, 0.3) is 0 Å². The summed E-state index contributed by atoms with van der Waals surface area (Å²) in [6, 6.07) is 0.384. The lowest BCUT2D eigenvalue weighted by atomic mass is 10.2. The molecule has 1 N–H and O–H groups in total. The lowest BCUT2D eigenvalue weighted by Crippen LogP contribution is -2.37. The van der Waals surface area contributed by atoms with Crippen molar-refractivity contribution < 1.29 is 9.47 Å². The molecule has 1 saturated heterocycles. The first-order valence-corrected chi connectivity index (χ1v) is 3.16. The molecule has 0 aliphatic carbocycles. The minimum Gasteiger partial charge on any atom is -0.377 e. The van der Waals surface area contributed by atoms with E-state index in [-0.39, 0.29) is 6.10 Å². The van der Waals surface area contributed by atoms with E-state index in [0.717, 1.165) is 13.2 Å². The summed E-state index contributed by atoms with van der Waals surface area (Å²) in [4.78, 5) is 0. The fraction of sp³-hybridized carbons (Fsp3) is 1.00. The summed E-state index contributed by atoms with van der Waals surface area (Å²) in [5, 5.41) is 3.11. The van der Waals surface area contributed by atoms with Gasteiger partial charge < -0.3 is 14.8 Å². The van der Waals surface area contributed by atoms with Crippen molar-refractivity contribution in [2.24, 2.45) is 0 Å². The summed E-state index contributed by atoms with van der Waals surface area (Å²) in [5.74, 6) is 0. The molecule has 0 aromatic heterocycles. The molecule has 3 heteroatoms. The molecule has 54 valence electrons. The minimum atomic E-state index is 0.245. The van der Waals surface area contributed by atoms with Crippen molar-refractivity contribution in [2.75, 3.05) is 27.4 Å². The van der Waals surface area contributed by atoms with Crippen LogP contribution < -0.4 is 5.32 Å². The summed E-state index contributed by atoms with van der Waals surface area (Å²) >= 11 is 0. The number of hydrogen-bond acceptors (Lipinski definition) is 3. The van der Waals surface area contributed by atoms with Gasteiger partial charge in [-0.15, -0.1) is 0 Å². The Morgan fingerprint density at radius 2 is 2.33 bits per heavy atom. The lowest BCUT2D eigenvalue weighted by Gasteiger charge is -2.13. The number of likely N-dealkylation sites (N-methyl/N-ethyl adjacent to an activating group) is 1. The van der Waals surface area contributed by atoms with E-state index in [4.69, 9.17) is 9.47 Å². The largest absolute Gasteiger partial charge is 0.377 e. The molecule has 9 heavy (non-hydrogen) atoms. The number of rotatable bonds is 2. The molecular formula is C6H13NO2. The van der Waals surface area contributed by atoms with Crippen LogP contribution in [-0.2, 0) is 9.47 Å². The zero-order valence-electron chi connectivity index (χ0n) is 5.89. The first kappa shape index (κ1) is 6.99. The Morgan fingerprint density at radius 1 is 1.56 bits per heavy atom. The van der Waals surface area contributed by atoms with E-state index in [1.54, 1.807) is 7.11 Å². The first-order valence-electron chi connectivity index (χ1n) is 3.16. The van der Waals surface area contributed by atoms with Gasteiger partial charge in [-0.2, -0.15) is 0 Å². The molecule has 0 spiro atoms. The normalized spacial score (nSPS) is 35.3. The van der Waals surface area contributed by atoms with E-state index < -0.39 is 0 Å². The number of ether oxygens (including phenoxy) is 2. The van der Waals surface area contributed by atoms with Crippen LogP contribution in [0.15, 0.2) is 0 Å². The van der Waals surface area contributed by atoms with Crippen LogP contribution in [0.2, 0.25) is 0 Å². The zero-order chi connectivity index (χ0) is 6.69. The van der Waals surface area contributed by atoms with Gasteiger partial charge in [0.05, 0.1) is 25.4 Å². The minimum absolute atomic E-state index is 0.245. The Morgan fingerprint density at radius 3 is 2.78 bits per heavy atom. The van der Waals surface area contributed by atoms with E-state index in [0.29, 0.717) is 6.04 Å². The molecule has 2 atom stereocenters. The fourth-order valence-electron chi connectivity index (χ4n) is 1.04. The van der Waals surface area contributed by atoms with Gasteiger partial charge in [-0.3, -0.25) is 0 Å². The zero-order valence-corrected chi connectivity index (χ0v) is 5.89. The van der Waals surface area contributed by atoms with Gasteiger partial charge in [0.15, 0.2) is 0 Å². The number of methoxy groups -OCH3 is 1. The predicted octanol–water partition coefficient (Wildman–Crippen LogP) is -0.380. The summed E-state index contributed by atoms with van der Waals surface area (Å²) < 4.78 is 10.3. The quantitative estimate of drug-likeness (QED) is 0.554. The van der Waals surface area contributed by atoms with Gasteiger partial charge in [0, 0.05) is 7.11 Å². The van der Waals surface area contributed by atoms with Crippen molar-refractivity contribution in [3.8, 4) is 0 Å². The Kier molecular flexibility index (Phi) is 2.45. The van der Waals surface area contributed by atoms with Crippen LogP contribution in [0.1, 0.15) is 0 Å². The molecule has 1 heterocycles. The highest BCUT2D eigenvalue weighted by molar-refractivity contribution is 4.80.